The van der Waals surface area contributed by atoms with Crippen molar-refractivity contribution in [1.29, 1.82) is 0 Å². The minimum atomic E-state index is 0.952. The summed E-state index contributed by atoms with van der Waals surface area (Å²) in [5.74, 6) is 4.42. The monoisotopic (exact) mass is 318 g/mol. The molecule has 4 heteroatoms. The smallest absolute Gasteiger partial charge is 0.0886 e. The zero-order chi connectivity index (χ0) is 14.9. The molecule has 2 heterocycles. The van der Waals surface area contributed by atoms with E-state index in [2.05, 4.69) is 48.1 Å². The summed E-state index contributed by atoms with van der Waals surface area (Å²) in [6, 6.07) is 8.45. The molecule has 0 fully saturated rings. The van der Waals surface area contributed by atoms with Crippen LogP contribution in [0.4, 0.5) is 0 Å². The Morgan fingerprint density at radius 2 is 1.38 bits per heavy atom. The van der Waals surface area contributed by atoms with Crippen LogP contribution in [-0.2, 0) is 11.5 Å². The van der Waals surface area contributed by atoms with E-state index in [1.807, 2.05) is 35.9 Å². The molecular formula is C17H22N2S2. The zero-order valence-electron chi connectivity index (χ0n) is 12.7. The molecule has 0 unspecified atom stereocenters. The van der Waals surface area contributed by atoms with Gasteiger partial charge in [-0.25, -0.2) is 0 Å². The fourth-order valence-electron chi connectivity index (χ4n) is 1.88. The van der Waals surface area contributed by atoms with Crippen LogP contribution in [0, 0.1) is 0 Å². The van der Waals surface area contributed by atoms with Gasteiger partial charge in [0.05, 0.1) is 11.4 Å². The molecule has 2 aromatic rings. The number of hydrogen-bond acceptors (Lipinski definition) is 4. The fourth-order valence-corrected chi connectivity index (χ4v) is 3.33. The van der Waals surface area contributed by atoms with Crippen LogP contribution in [0.25, 0.3) is 11.4 Å². The molecule has 0 aliphatic heterocycles. The van der Waals surface area contributed by atoms with Crippen molar-refractivity contribution >= 4 is 23.5 Å². The molecular weight excluding hydrogens is 296 g/mol. The average molecular weight is 319 g/mol. The summed E-state index contributed by atoms with van der Waals surface area (Å²) < 4.78 is 0. The molecule has 0 atom stereocenters. The summed E-state index contributed by atoms with van der Waals surface area (Å²) in [7, 11) is 0. The topological polar surface area (TPSA) is 25.8 Å². The fraction of sp³-hybridized carbons (Fsp3) is 0.412. The van der Waals surface area contributed by atoms with Crippen molar-refractivity contribution in [1.82, 2.24) is 9.97 Å². The number of aromatic nitrogens is 2. The maximum Gasteiger partial charge on any atom is 0.0886 e. The summed E-state index contributed by atoms with van der Waals surface area (Å²) in [5, 5.41) is 0. The van der Waals surface area contributed by atoms with Crippen LogP contribution < -0.4 is 0 Å². The van der Waals surface area contributed by atoms with Gasteiger partial charge in [0.15, 0.2) is 0 Å². The normalized spacial score (nSPS) is 10.8. The number of pyridine rings is 2. The van der Waals surface area contributed by atoms with Crippen LogP contribution >= 0.6 is 23.5 Å². The molecule has 0 spiro atoms. The van der Waals surface area contributed by atoms with Gasteiger partial charge >= 0.3 is 0 Å². The highest BCUT2D eigenvalue weighted by molar-refractivity contribution is 7.98. The zero-order valence-corrected chi connectivity index (χ0v) is 14.3. The van der Waals surface area contributed by atoms with E-state index < -0.39 is 0 Å². The van der Waals surface area contributed by atoms with E-state index in [1.165, 1.54) is 23.3 Å². The number of rotatable bonds is 8. The number of hydrogen-bond donors (Lipinski definition) is 0. The van der Waals surface area contributed by atoms with Gasteiger partial charge in [0.1, 0.15) is 0 Å². The van der Waals surface area contributed by atoms with Gasteiger partial charge in [-0.1, -0.05) is 26.0 Å². The Labute approximate surface area is 136 Å². The van der Waals surface area contributed by atoms with Gasteiger partial charge in [-0.2, -0.15) is 23.5 Å². The van der Waals surface area contributed by atoms with Crippen molar-refractivity contribution in [3.8, 4) is 11.4 Å². The molecule has 0 bridgehead atoms. The third-order valence-corrected chi connectivity index (χ3v) is 5.18. The minimum Gasteiger partial charge on any atom is -0.254 e. The van der Waals surface area contributed by atoms with E-state index in [1.54, 1.807) is 0 Å². The van der Waals surface area contributed by atoms with Crippen molar-refractivity contribution in [2.24, 2.45) is 0 Å². The van der Waals surface area contributed by atoms with Crippen molar-refractivity contribution < 1.29 is 0 Å². The van der Waals surface area contributed by atoms with Crippen LogP contribution in [0.1, 0.15) is 31.4 Å². The number of nitrogens with zero attached hydrogens (tertiary/aromatic N) is 2. The number of thioether (sulfide) groups is 2. The Kier molecular flexibility index (Phi) is 7.10. The maximum absolute atomic E-state index is 4.54. The van der Waals surface area contributed by atoms with Crippen molar-refractivity contribution in [3.63, 3.8) is 0 Å². The van der Waals surface area contributed by atoms with Gasteiger partial charge in [-0.05, 0) is 41.2 Å². The lowest BCUT2D eigenvalue weighted by Crippen LogP contribution is -1.91. The summed E-state index contributed by atoms with van der Waals surface area (Å²) in [6.45, 7) is 4.39. The Hall–Kier alpha value is -1.00. The lowest BCUT2D eigenvalue weighted by molar-refractivity contribution is 1.10. The largest absolute Gasteiger partial charge is 0.254 e. The Balaban J connectivity index is 1.97. The predicted molar refractivity (Wildman–Crippen MR) is 95.8 cm³/mol. The predicted octanol–water partition coefficient (Wildman–Crippen LogP) is 5.04. The molecule has 2 rings (SSSR count). The van der Waals surface area contributed by atoms with Crippen LogP contribution in [0.15, 0.2) is 36.7 Å². The summed E-state index contributed by atoms with van der Waals surface area (Å²) >= 11 is 3.88. The third kappa shape index (κ3) is 5.36. The van der Waals surface area contributed by atoms with Crippen molar-refractivity contribution in [2.75, 3.05) is 11.5 Å². The van der Waals surface area contributed by atoms with Gasteiger partial charge in [0.25, 0.3) is 0 Å². The van der Waals surface area contributed by atoms with Crippen LogP contribution in [-0.4, -0.2) is 21.5 Å². The first-order valence-electron chi connectivity index (χ1n) is 7.39. The summed E-state index contributed by atoms with van der Waals surface area (Å²) in [5.41, 5.74) is 4.47. The van der Waals surface area contributed by atoms with Gasteiger partial charge in [0, 0.05) is 23.9 Å². The molecule has 0 saturated heterocycles. The van der Waals surface area contributed by atoms with E-state index in [-0.39, 0.29) is 0 Å². The van der Waals surface area contributed by atoms with Crippen molar-refractivity contribution in [2.45, 2.75) is 31.8 Å². The van der Waals surface area contributed by atoms with Gasteiger partial charge in [-0.15, -0.1) is 0 Å². The molecule has 0 N–H and O–H groups in total. The highest BCUT2D eigenvalue weighted by Crippen LogP contribution is 2.19. The minimum absolute atomic E-state index is 0.952. The van der Waals surface area contributed by atoms with E-state index in [9.17, 15) is 0 Å². The lowest BCUT2D eigenvalue weighted by Gasteiger charge is -2.04. The summed E-state index contributed by atoms with van der Waals surface area (Å²) in [6.07, 6.45) is 5.16. The van der Waals surface area contributed by atoms with Gasteiger partial charge in [-0.3, -0.25) is 9.97 Å². The molecule has 0 aliphatic carbocycles. The molecule has 0 radical (unpaired) electrons. The molecule has 0 saturated carbocycles. The molecule has 2 aromatic heterocycles. The van der Waals surface area contributed by atoms with E-state index in [4.69, 9.17) is 0 Å². The lowest BCUT2D eigenvalue weighted by atomic mass is 10.2. The Bertz CT molecular complexity index is 523. The molecule has 112 valence electrons. The van der Waals surface area contributed by atoms with Crippen LogP contribution in [0.5, 0.6) is 0 Å². The highest BCUT2D eigenvalue weighted by Gasteiger charge is 2.02. The van der Waals surface area contributed by atoms with Crippen LogP contribution in [0.3, 0.4) is 0 Å². The quantitative estimate of drug-likeness (QED) is 0.637. The molecule has 2 nitrogen and oxygen atoms in total. The second-order valence-electron chi connectivity index (χ2n) is 4.79. The first-order chi connectivity index (χ1) is 10.3. The second-order valence-corrected chi connectivity index (χ2v) is 7.17. The maximum atomic E-state index is 4.54. The average Bonchev–Trinajstić information content (AvgIpc) is 2.54. The summed E-state index contributed by atoms with van der Waals surface area (Å²) in [4.78, 5) is 9.06. The van der Waals surface area contributed by atoms with Gasteiger partial charge in [0.2, 0.25) is 0 Å². The van der Waals surface area contributed by atoms with Crippen molar-refractivity contribution in [3.05, 3.63) is 47.8 Å². The Morgan fingerprint density at radius 1 is 0.810 bits per heavy atom. The van der Waals surface area contributed by atoms with E-state index in [0.717, 1.165) is 28.6 Å². The first kappa shape index (κ1) is 16.4. The standard InChI is InChI=1S/C17H22N2S2/c1-3-9-21-13-15-6-8-17(19-11-15)16-7-5-14(10-18-16)12-20-4-2/h5-8,10-11H,3-4,9,12-13H2,1-2H3. The van der Waals surface area contributed by atoms with E-state index in [0.29, 0.717) is 0 Å². The molecule has 21 heavy (non-hydrogen) atoms. The first-order valence-corrected chi connectivity index (χ1v) is 9.70. The van der Waals surface area contributed by atoms with Gasteiger partial charge < -0.3 is 0 Å². The molecule has 0 aromatic carbocycles. The highest BCUT2D eigenvalue weighted by atomic mass is 32.2. The SMILES string of the molecule is CCCSCc1ccc(-c2ccc(CSCC)cn2)nc1. The molecule has 0 amide bonds. The Morgan fingerprint density at radius 3 is 1.81 bits per heavy atom. The second kappa shape index (κ2) is 9.11. The van der Waals surface area contributed by atoms with Crippen LogP contribution in [0.2, 0.25) is 0 Å². The molecule has 0 aliphatic rings. The van der Waals surface area contributed by atoms with E-state index >= 15 is 0 Å². The third-order valence-electron chi connectivity index (χ3n) is 3.00.